The van der Waals surface area contributed by atoms with Crippen molar-refractivity contribution in [3.05, 3.63) is 52.0 Å². The summed E-state index contributed by atoms with van der Waals surface area (Å²) in [6, 6.07) is 1.50. The molecule has 148 valence electrons. The van der Waals surface area contributed by atoms with Crippen molar-refractivity contribution in [1.29, 1.82) is 0 Å². The average molecular weight is 393 g/mol. The SMILES string of the molecule is O=C(C1CC=Cc2nn(Cc3ccc(C(F)(F)F)nc3)c(=O)n21)N1CCCC1. The molecule has 0 aromatic carbocycles. The van der Waals surface area contributed by atoms with Crippen molar-refractivity contribution in [1.82, 2.24) is 24.2 Å². The van der Waals surface area contributed by atoms with Crippen LogP contribution in [0.2, 0.25) is 0 Å². The molecule has 1 unspecified atom stereocenters. The van der Waals surface area contributed by atoms with E-state index >= 15 is 0 Å². The molecule has 0 bridgehead atoms. The summed E-state index contributed by atoms with van der Waals surface area (Å²) >= 11 is 0. The number of halogens is 3. The van der Waals surface area contributed by atoms with Gasteiger partial charge in [-0.3, -0.25) is 14.3 Å². The van der Waals surface area contributed by atoms with Crippen molar-refractivity contribution in [2.45, 2.75) is 38.0 Å². The zero-order chi connectivity index (χ0) is 19.9. The number of aromatic nitrogens is 4. The second kappa shape index (κ2) is 6.92. The Labute approximate surface area is 158 Å². The highest BCUT2D eigenvalue weighted by Crippen LogP contribution is 2.27. The van der Waals surface area contributed by atoms with Gasteiger partial charge in [0.25, 0.3) is 0 Å². The minimum atomic E-state index is -4.52. The highest BCUT2D eigenvalue weighted by atomic mass is 19.4. The van der Waals surface area contributed by atoms with Crippen molar-refractivity contribution in [2.24, 2.45) is 0 Å². The Morgan fingerprint density at radius 1 is 1.21 bits per heavy atom. The molecule has 7 nitrogen and oxygen atoms in total. The Kier molecular flexibility index (Phi) is 4.56. The van der Waals surface area contributed by atoms with E-state index in [2.05, 4.69) is 10.1 Å². The number of fused-ring (bicyclic) bond motifs is 1. The maximum atomic E-state index is 12.8. The van der Waals surface area contributed by atoms with Gasteiger partial charge in [0.2, 0.25) is 5.91 Å². The first kappa shape index (κ1) is 18.5. The van der Waals surface area contributed by atoms with Crippen molar-refractivity contribution in [2.75, 3.05) is 13.1 Å². The summed E-state index contributed by atoms with van der Waals surface area (Å²) in [5, 5.41) is 4.24. The fraction of sp³-hybridized carbons (Fsp3) is 0.444. The number of nitrogens with zero attached hydrogens (tertiary/aromatic N) is 5. The van der Waals surface area contributed by atoms with E-state index in [1.54, 1.807) is 11.0 Å². The Morgan fingerprint density at radius 2 is 1.96 bits per heavy atom. The molecule has 1 saturated heterocycles. The van der Waals surface area contributed by atoms with Gasteiger partial charge in [-0.15, -0.1) is 5.10 Å². The van der Waals surface area contributed by atoms with Crippen LogP contribution in [0.4, 0.5) is 13.2 Å². The van der Waals surface area contributed by atoms with Gasteiger partial charge in [0.1, 0.15) is 11.7 Å². The minimum absolute atomic E-state index is 0.0254. The molecule has 2 aliphatic heterocycles. The topological polar surface area (TPSA) is 73.0 Å². The number of rotatable bonds is 3. The van der Waals surface area contributed by atoms with E-state index in [1.807, 2.05) is 6.08 Å². The van der Waals surface area contributed by atoms with E-state index in [9.17, 15) is 22.8 Å². The smallest absolute Gasteiger partial charge is 0.341 e. The van der Waals surface area contributed by atoms with E-state index in [0.717, 1.165) is 29.8 Å². The first-order valence-corrected chi connectivity index (χ1v) is 9.01. The Hall–Kier alpha value is -2.91. The van der Waals surface area contributed by atoms with Gasteiger partial charge < -0.3 is 4.90 Å². The van der Waals surface area contributed by atoms with Crippen LogP contribution in [0.3, 0.4) is 0 Å². The van der Waals surface area contributed by atoms with E-state index in [4.69, 9.17) is 0 Å². The number of allylic oxidation sites excluding steroid dienone is 1. The van der Waals surface area contributed by atoms with Crippen molar-refractivity contribution in [3.8, 4) is 0 Å². The van der Waals surface area contributed by atoms with Crippen molar-refractivity contribution in [3.63, 3.8) is 0 Å². The van der Waals surface area contributed by atoms with Gasteiger partial charge in [0.05, 0.1) is 6.54 Å². The zero-order valence-corrected chi connectivity index (χ0v) is 14.9. The van der Waals surface area contributed by atoms with Crippen LogP contribution in [0.25, 0.3) is 6.08 Å². The molecule has 2 aliphatic rings. The fourth-order valence-corrected chi connectivity index (χ4v) is 3.57. The highest BCUT2D eigenvalue weighted by Gasteiger charge is 2.33. The standard InChI is InChI=1S/C18H18F3N5O2/c19-18(20,21)14-7-6-12(10-22-14)11-25-17(28)26-13(4-3-5-15(26)23-25)16(27)24-8-1-2-9-24/h3,5-7,10,13H,1-2,4,8-9,11H2. The molecule has 1 amide bonds. The monoisotopic (exact) mass is 393 g/mol. The first-order chi connectivity index (χ1) is 13.3. The van der Waals surface area contributed by atoms with E-state index in [1.165, 1.54) is 10.6 Å². The van der Waals surface area contributed by atoms with E-state index < -0.39 is 23.6 Å². The second-order valence-electron chi connectivity index (χ2n) is 6.90. The lowest BCUT2D eigenvalue weighted by Gasteiger charge is -2.24. The highest BCUT2D eigenvalue weighted by molar-refractivity contribution is 5.81. The molecule has 2 aromatic heterocycles. The van der Waals surface area contributed by atoms with Crippen LogP contribution < -0.4 is 5.69 Å². The van der Waals surface area contributed by atoms with Crippen LogP contribution in [0, 0.1) is 0 Å². The first-order valence-electron chi connectivity index (χ1n) is 9.01. The molecule has 0 aliphatic carbocycles. The third kappa shape index (κ3) is 3.34. The lowest BCUT2D eigenvalue weighted by molar-refractivity contribution is -0.141. The van der Waals surface area contributed by atoms with Gasteiger partial charge in [0, 0.05) is 19.3 Å². The van der Waals surface area contributed by atoms with Gasteiger partial charge in [0.15, 0.2) is 5.82 Å². The van der Waals surface area contributed by atoms with Crippen LogP contribution in [-0.2, 0) is 17.5 Å². The quantitative estimate of drug-likeness (QED) is 0.801. The molecule has 0 spiro atoms. The third-order valence-corrected chi connectivity index (χ3v) is 4.99. The molecule has 4 rings (SSSR count). The number of pyridine rings is 1. The molecule has 1 atom stereocenters. The predicted molar refractivity (Wildman–Crippen MR) is 93.3 cm³/mol. The Morgan fingerprint density at radius 3 is 2.61 bits per heavy atom. The van der Waals surface area contributed by atoms with Crippen LogP contribution in [-0.4, -0.2) is 43.2 Å². The maximum absolute atomic E-state index is 12.8. The van der Waals surface area contributed by atoms with E-state index in [0.29, 0.717) is 30.9 Å². The molecular weight excluding hydrogens is 375 g/mol. The molecule has 1 fully saturated rings. The van der Waals surface area contributed by atoms with Gasteiger partial charge in [-0.05, 0) is 37.0 Å². The molecule has 10 heteroatoms. The average Bonchev–Trinajstić information content (AvgIpc) is 3.30. The largest absolute Gasteiger partial charge is 0.433 e. The fourth-order valence-electron chi connectivity index (χ4n) is 3.57. The molecule has 2 aromatic rings. The lowest BCUT2D eigenvalue weighted by Crippen LogP contribution is -2.40. The van der Waals surface area contributed by atoms with Crippen LogP contribution in [0.15, 0.2) is 29.2 Å². The third-order valence-electron chi connectivity index (χ3n) is 4.99. The van der Waals surface area contributed by atoms with Gasteiger partial charge >= 0.3 is 11.9 Å². The summed E-state index contributed by atoms with van der Waals surface area (Å²) in [6.45, 7) is 1.35. The number of likely N-dealkylation sites (tertiary alicyclic amines) is 1. The molecular formula is C18H18F3N5O2. The van der Waals surface area contributed by atoms with Crippen molar-refractivity contribution >= 4 is 12.0 Å². The van der Waals surface area contributed by atoms with Gasteiger partial charge in [-0.2, -0.15) is 13.2 Å². The Balaban J connectivity index is 1.60. The number of alkyl halides is 3. The van der Waals surface area contributed by atoms with Crippen molar-refractivity contribution < 1.29 is 18.0 Å². The van der Waals surface area contributed by atoms with Gasteiger partial charge in [-0.25, -0.2) is 9.48 Å². The number of carbonyl (C=O) groups excluding carboxylic acids is 1. The maximum Gasteiger partial charge on any atom is 0.433 e. The summed E-state index contributed by atoms with van der Waals surface area (Å²) < 4.78 is 40.4. The number of hydrogen-bond acceptors (Lipinski definition) is 4. The predicted octanol–water partition coefficient (Wildman–Crippen LogP) is 2.09. The van der Waals surface area contributed by atoms with Crippen LogP contribution in [0.5, 0.6) is 0 Å². The number of hydrogen-bond donors (Lipinski definition) is 0. The molecule has 0 radical (unpaired) electrons. The summed E-state index contributed by atoms with van der Waals surface area (Å²) in [6.07, 6.45) is 2.37. The molecule has 4 heterocycles. The van der Waals surface area contributed by atoms with E-state index in [-0.39, 0.29) is 12.5 Å². The lowest BCUT2D eigenvalue weighted by atomic mass is 10.1. The number of carbonyl (C=O) groups is 1. The summed E-state index contributed by atoms with van der Waals surface area (Å²) in [4.78, 5) is 30.8. The minimum Gasteiger partial charge on any atom is -0.341 e. The van der Waals surface area contributed by atoms with Gasteiger partial charge in [-0.1, -0.05) is 12.1 Å². The normalized spacial score (nSPS) is 19.1. The van der Waals surface area contributed by atoms with Crippen LogP contribution >= 0.6 is 0 Å². The Bertz CT molecular complexity index is 969. The number of amides is 1. The second-order valence-corrected chi connectivity index (χ2v) is 6.90. The summed E-state index contributed by atoms with van der Waals surface area (Å²) in [5.74, 6) is 0.273. The van der Waals surface area contributed by atoms with Crippen LogP contribution in [0.1, 0.15) is 42.4 Å². The molecule has 28 heavy (non-hydrogen) atoms. The zero-order valence-electron chi connectivity index (χ0n) is 14.9. The summed E-state index contributed by atoms with van der Waals surface area (Å²) in [7, 11) is 0. The summed E-state index contributed by atoms with van der Waals surface area (Å²) in [5.41, 5.74) is -1.04. The molecule has 0 N–H and O–H groups in total. The molecule has 0 saturated carbocycles.